The molecule has 1 aliphatic heterocycles. The molecule has 0 saturated carbocycles. The maximum Gasteiger partial charge on any atom is 0.257 e. The lowest BCUT2D eigenvalue weighted by molar-refractivity contribution is -0.141. The number of nitrogens with one attached hydrogen (secondary N) is 1. The molecule has 2 aliphatic rings. The van der Waals surface area contributed by atoms with Gasteiger partial charge < -0.3 is 4.74 Å². The van der Waals surface area contributed by atoms with E-state index in [1.165, 1.54) is 31.4 Å². The van der Waals surface area contributed by atoms with Gasteiger partial charge in [0, 0.05) is 0 Å². The lowest BCUT2D eigenvalue weighted by atomic mass is 9.85. The molecule has 0 aromatic heterocycles. The van der Waals surface area contributed by atoms with E-state index in [2.05, 4.69) is 4.83 Å². The number of ether oxygens (including phenoxy) is 1. The Hall–Kier alpha value is -2.19. The number of carbonyl (C=O) groups is 2. The molecule has 2 amide bonds. The maximum absolute atomic E-state index is 12.4. The van der Waals surface area contributed by atoms with Gasteiger partial charge in [0.25, 0.3) is 10.0 Å². The molecule has 1 saturated heterocycles. The summed E-state index contributed by atoms with van der Waals surface area (Å²) >= 11 is 0. The SMILES string of the molecule is COc1ccc(S(=O)(=O)NN2C(=O)C3CC=CCC3C2=O)cc1. The Labute approximate surface area is 133 Å². The minimum absolute atomic E-state index is 0.0492. The van der Waals surface area contributed by atoms with Gasteiger partial charge in [0.1, 0.15) is 5.75 Å². The molecule has 0 bridgehead atoms. The fourth-order valence-electron chi connectivity index (χ4n) is 2.82. The van der Waals surface area contributed by atoms with Crippen LogP contribution in [0.5, 0.6) is 5.75 Å². The van der Waals surface area contributed by atoms with E-state index in [4.69, 9.17) is 4.74 Å². The Bertz CT molecular complexity index is 744. The highest BCUT2D eigenvalue weighted by Crippen LogP contribution is 2.34. The van der Waals surface area contributed by atoms with Crippen LogP contribution < -0.4 is 9.57 Å². The summed E-state index contributed by atoms with van der Waals surface area (Å²) in [5.41, 5.74) is 0. The zero-order valence-electron chi connectivity index (χ0n) is 12.4. The van der Waals surface area contributed by atoms with Gasteiger partial charge >= 0.3 is 0 Å². The molecule has 1 aliphatic carbocycles. The third kappa shape index (κ3) is 2.75. The monoisotopic (exact) mass is 336 g/mol. The number of benzene rings is 1. The maximum atomic E-state index is 12.4. The molecule has 1 aromatic carbocycles. The molecule has 0 spiro atoms. The van der Waals surface area contributed by atoms with Crippen LogP contribution in [0.4, 0.5) is 0 Å². The Balaban J connectivity index is 1.82. The third-order valence-electron chi connectivity index (χ3n) is 4.09. The largest absolute Gasteiger partial charge is 0.497 e. The highest BCUT2D eigenvalue weighted by Gasteiger charge is 2.48. The summed E-state index contributed by atoms with van der Waals surface area (Å²) in [5, 5.41) is 0.641. The standard InChI is InChI=1S/C15H16N2O5S/c1-22-10-6-8-11(9-7-10)23(20,21)16-17-14(18)12-4-2-3-5-13(12)15(17)19/h2-3,6-9,12-13,16H,4-5H2,1H3. The van der Waals surface area contributed by atoms with Crippen molar-refractivity contribution >= 4 is 21.8 Å². The van der Waals surface area contributed by atoms with Crippen LogP contribution in [0, 0.1) is 11.8 Å². The molecule has 3 rings (SSSR count). The number of imide groups is 1. The van der Waals surface area contributed by atoms with Gasteiger partial charge in [-0.15, -0.1) is 4.83 Å². The van der Waals surface area contributed by atoms with Crippen LogP contribution in [0.2, 0.25) is 0 Å². The molecule has 7 nitrogen and oxygen atoms in total. The van der Waals surface area contributed by atoms with Crippen LogP contribution in [0.25, 0.3) is 0 Å². The number of nitrogens with zero attached hydrogens (tertiary/aromatic N) is 1. The summed E-state index contributed by atoms with van der Waals surface area (Å²) in [4.78, 5) is 26.6. The summed E-state index contributed by atoms with van der Waals surface area (Å²) < 4.78 is 29.7. The quantitative estimate of drug-likeness (QED) is 0.650. The molecule has 23 heavy (non-hydrogen) atoms. The fraction of sp³-hybridized carbons (Fsp3) is 0.333. The van der Waals surface area contributed by atoms with E-state index in [0.717, 1.165) is 0 Å². The lowest BCUT2D eigenvalue weighted by Crippen LogP contribution is -2.46. The molecule has 1 N–H and O–H groups in total. The Kier molecular flexibility index (Phi) is 3.95. The molecule has 2 unspecified atom stereocenters. The average molecular weight is 336 g/mol. The number of hydrogen-bond acceptors (Lipinski definition) is 5. The van der Waals surface area contributed by atoms with Crippen molar-refractivity contribution in [2.45, 2.75) is 17.7 Å². The zero-order valence-corrected chi connectivity index (χ0v) is 13.2. The summed E-state index contributed by atoms with van der Waals surface area (Å²) in [7, 11) is -2.55. The molecular weight excluding hydrogens is 320 g/mol. The number of sulfonamides is 1. The van der Waals surface area contributed by atoms with Gasteiger partial charge in [0.05, 0.1) is 23.8 Å². The second-order valence-electron chi connectivity index (χ2n) is 5.44. The van der Waals surface area contributed by atoms with E-state index in [1.807, 2.05) is 12.2 Å². The topological polar surface area (TPSA) is 92.8 Å². The summed E-state index contributed by atoms with van der Waals surface area (Å²) in [5.74, 6) is -1.45. The van der Waals surface area contributed by atoms with Crippen LogP contribution in [0.15, 0.2) is 41.3 Å². The van der Waals surface area contributed by atoms with Crippen molar-refractivity contribution in [3.8, 4) is 5.75 Å². The third-order valence-corrected chi connectivity index (χ3v) is 5.40. The second-order valence-corrected chi connectivity index (χ2v) is 7.10. The number of amides is 2. The normalized spacial score (nSPS) is 24.0. The molecule has 2 atom stereocenters. The van der Waals surface area contributed by atoms with Gasteiger partial charge in [-0.3, -0.25) is 9.59 Å². The molecule has 1 heterocycles. The first-order valence-electron chi connectivity index (χ1n) is 7.13. The lowest BCUT2D eigenvalue weighted by Gasteiger charge is -2.16. The van der Waals surface area contributed by atoms with Crippen molar-refractivity contribution < 1.29 is 22.7 Å². The van der Waals surface area contributed by atoms with E-state index >= 15 is 0 Å². The van der Waals surface area contributed by atoms with Crippen molar-refractivity contribution in [3.63, 3.8) is 0 Å². The molecule has 8 heteroatoms. The second kappa shape index (κ2) is 5.78. The van der Waals surface area contributed by atoms with E-state index < -0.39 is 33.7 Å². The Morgan fingerprint density at radius 2 is 1.57 bits per heavy atom. The molecule has 122 valence electrons. The van der Waals surface area contributed by atoms with E-state index in [0.29, 0.717) is 23.6 Å². The van der Waals surface area contributed by atoms with Crippen LogP contribution >= 0.6 is 0 Å². The van der Waals surface area contributed by atoms with Crippen molar-refractivity contribution in [2.24, 2.45) is 11.8 Å². The van der Waals surface area contributed by atoms with E-state index in [1.54, 1.807) is 0 Å². The van der Waals surface area contributed by atoms with Crippen LogP contribution in [-0.4, -0.2) is 32.4 Å². The number of allylic oxidation sites excluding steroid dienone is 2. The minimum atomic E-state index is -4.02. The predicted molar refractivity (Wildman–Crippen MR) is 80.5 cm³/mol. The van der Waals surface area contributed by atoms with Gasteiger partial charge in [-0.1, -0.05) is 12.2 Å². The highest BCUT2D eigenvalue weighted by molar-refractivity contribution is 7.89. The van der Waals surface area contributed by atoms with Crippen molar-refractivity contribution in [2.75, 3.05) is 7.11 Å². The van der Waals surface area contributed by atoms with E-state index in [-0.39, 0.29) is 4.90 Å². The number of fused-ring (bicyclic) bond motifs is 1. The van der Waals surface area contributed by atoms with Crippen molar-refractivity contribution in [1.82, 2.24) is 9.84 Å². The number of hydrogen-bond donors (Lipinski definition) is 1. The number of rotatable bonds is 4. The number of methoxy groups -OCH3 is 1. The van der Waals surface area contributed by atoms with Gasteiger partial charge in [0.2, 0.25) is 11.8 Å². The Morgan fingerprint density at radius 1 is 1.04 bits per heavy atom. The van der Waals surface area contributed by atoms with Crippen molar-refractivity contribution in [1.29, 1.82) is 0 Å². The molecular formula is C15H16N2O5S. The fourth-order valence-corrected chi connectivity index (χ4v) is 3.84. The van der Waals surface area contributed by atoms with Gasteiger partial charge in [0.15, 0.2) is 0 Å². The Morgan fingerprint density at radius 3 is 2.04 bits per heavy atom. The molecule has 0 radical (unpaired) electrons. The average Bonchev–Trinajstić information content (AvgIpc) is 2.80. The first kappa shape index (κ1) is 15.7. The van der Waals surface area contributed by atoms with Gasteiger partial charge in [-0.25, -0.2) is 8.42 Å². The highest BCUT2D eigenvalue weighted by atomic mass is 32.2. The summed E-state index contributed by atoms with van der Waals surface area (Å²) in [6.07, 6.45) is 4.59. The van der Waals surface area contributed by atoms with Crippen LogP contribution in [0.1, 0.15) is 12.8 Å². The molecule has 1 aromatic rings. The van der Waals surface area contributed by atoms with E-state index in [9.17, 15) is 18.0 Å². The van der Waals surface area contributed by atoms with Crippen molar-refractivity contribution in [3.05, 3.63) is 36.4 Å². The minimum Gasteiger partial charge on any atom is -0.497 e. The number of hydrazine groups is 1. The summed E-state index contributed by atoms with van der Waals surface area (Å²) in [6, 6.07) is 5.68. The summed E-state index contributed by atoms with van der Waals surface area (Å²) in [6.45, 7) is 0. The molecule has 1 fully saturated rings. The smallest absolute Gasteiger partial charge is 0.257 e. The predicted octanol–water partition coefficient (Wildman–Crippen LogP) is 0.840. The van der Waals surface area contributed by atoms with Gasteiger partial charge in [-0.05, 0) is 37.1 Å². The zero-order chi connectivity index (χ0) is 16.6. The van der Waals surface area contributed by atoms with Crippen LogP contribution in [0.3, 0.4) is 0 Å². The van der Waals surface area contributed by atoms with Gasteiger partial charge in [-0.2, -0.15) is 5.01 Å². The number of carbonyl (C=O) groups excluding carboxylic acids is 2. The van der Waals surface area contributed by atoms with Crippen LogP contribution in [-0.2, 0) is 19.6 Å². The first-order valence-corrected chi connectivity index (χ1v) is 8.61. The first-order chi connectivity index (χ1) is 10.9.